The predicted octanol–water partition coefficient (Wildman–Crippen LogP) is 0.900. The molecule has 0 saturated heterocycles. The Bertz CT molecular complexity index is 562. The van der Waals surface area contributed by atoms with E-state index in [2.05, 4.69) is 24.0 Å². The maximum Gasteiger partial charge on any atom is 0.209 e. The Kier molecular flexibility index (Phi) is 2.69. The van der Waals surface area contributed by atoms with Crippen LogP contribution >= 0.6 is 0 Å². The Morgan fingerprint density at radius 2 is 1.94 bits per heavy atom. The van der Waals surface area contributed by atoms with Gasteiger partial charge in [-0.25, -0.2) is 0 Å². The van der Waals surface area contributed by atoms with Gasteiger partial charge in [-0.1, -0.05) is 0 Å². The minimum absolute atomic E-state index is 0.763. The van der Waals surface area contributed by atoms with Gasteiger partial charge in [0.05, 0.1) is 34.9 Å². The van der Waals surface area contributed by atoms with Crippen molar-refractivity contribution < 1.29 is 4.68 Å². The summed E-state index contributed by atoms with van der Waals surface area (Å²) in [5.41, 5.74) is 12.3. The summed E-state index contributed by atoms with van der Waals surface area (Å²) in [6.07, 6.45) is 0. The van der Waals surface area contributed by atoms with Gasteiger partial charge in [0.25, 0.3) is 0 Å². The number of nitrogens with two attached hydrogens (primary N) is 1. The molecule has 0 unspecified atom stereocenters. The summed E-state index contributed by atoms with van der Waals surface area (Å²) < 4.78 is 3.99. The number of rotatable bonds is 2. The molecule has 92 valence electrons. The molecule has 17 heavy (non-hydrogen) atoms. The van der Waals surface area contributed by atoms with Crippen molar-refractivity contribution in [1.82, 2.24) is 14.9 Å². The molecule has 0 atom stereocenters. The zero-order valence-corrected chi connectivity index (χ0v) is 11.1. The van der Waals surface area contributed by atoms with Crippen LogP contribution < -0.4 is 10.4 Å². The van der Waals surface area contributed by atoms with Gasteiger partial charge in [-0.2, -0.15) is 10.2 Å². The van der Waals surface area contributed by atoms with E-state index in [9.17, 15) is 0 Å². The quantitative estimate of drug-likeness (QED) is 0.758. The number of aryl methyl sites for hydroxylation is 3. The Balaban J connectivity index is 2.41. The summed E-state index contributed by atoms with van der Waals surface area (Å²) in [7, 11) is 2.02. The molecule has 3 N–H and O–H groups in total. The zero-order valence-electron chi connectivity index (χ0n) is 11.1. The van der Waals surface area contributed by atoms with Gasteiger partial charge in [0.2, 0.25) is 5.69 Å². The monoisotopic (exact) mass is 234 g/mol. The van der Waals surface area contributed by atoms with Crippen molar-refractivity contribution >= 4 is 5.69 Å². The molecule has 0 aliphatic carbocycles. The fraction of sp³-hybridized carbons (Fsp3) is 0.500. The summed E-state index contributed by atoms with van der Waals surface area (Å²) in [6, 6.07) is 0. The molecular weight excluding hydrogens is 214 g/mol. The number of anilines is 1. The third kappa shape index (κ3) is 1.81. The zero-order chi connectivity index (χ0) is 12.7. The maximum absolute atomic E-state index is 5.94. The molecule has 0 aliphatic heterocycles. The second-order valence-corrected chi connectivity index (χ2v) is 4.60. The van der Waals surface area contributed by atoms with E-state index in [1.54, 1.807) is 0 Å². The van der Waals surface area contributed by atoms with E-state index in [0.29, 0.717) is 0 Å². The Morgan fingerprint density at radius 1 is 1.29 bits per heavy atom. The number of nitrogen functional groups attached to an aromatic ring is 1. The predicted molar refractivity (Wildman–Crippen MR) is 66.7 cm³/mol. The van der Waals surface area contributed by atoms with Gasteiger partial charge in [0.15, 0.2) is 7.05 Å². The lowest BCUT2D eigenvalue weighted by Gasteiger charge is -2.03. The van der Waals surface area contributed by atoms with Crippen molar-refractivity contribution in [2.45, 2.75) is 34.2 Å². The average Bonchev–Trinajstić information content (AvgIpc) is 2.65. The lowest BCUT2D eigenvalue weighted by molar-refractivity contribution is -0.732. The number of H-pyrrole nitrogens is 1. The summed E-state index contributed by atoms with van der Waals surface area (Å²) in [5, 5.41) is 7.75. The summed E-state index contributed by atoms with van der Waals surface area (Å²) >= 11 is 0. The van der Waals surface area contributed by atoms with Crippen LogP contribution in [0.5, 0.6) is 0 Å². The minimum Gasteiger partial charge on any atom is -0.396 e. The SMILES string of the molecule is Cc1nn(Cc2c(C)[nH][n+](C)c2C)c(C)c1N. The molecule has 0 aromatic carbocycles. The van der Waals surface area contributed by atoms with E-state index < -0.39 is 0 Å². The number of aromatic amines is 1. The smallest absolute Gasteiger partial charge is 0.209 e. The van der Waals surface area contributed by atoms with Crippen molar-refractivity contribution in [2.24, 2.45) is 7.05 Å². The molecular formula is C12H20N5+. The summed E-state index contributed by atoms with van der Waals surface area (Å²) in [4.78, 5) is 0. The van der Waals surface area contributed by atoms with Crippen molar-refractivity contribution in [2.75, 3.05) is 5.73 Å². The summed E-state index contributed by atoms with van der Waals surface area (Å²) in [6.45, 7) is 8.90. The average molecular weight is 234 g/mol. The number of aromatic nitrogens is 4. The molecule has 5 nitrogen and oxygen atoms in total. The molecule has 0 radical (unpaired) electrons. The lowest BCUT2D eigenvalue weighted by Crippen LogP contribution is -2.33. The first-order chi connectivity index (χ1) is 7.91. The van der Waals surface area contributed by atoms with E-state index >= 15 is 0 Å². The van der Waals surface area contributed by atoms with E-state index in [4.69, 9.17) is 5.73 Å². The third-order valence-electron chi connectivity index (χ3n) is 3.47. The fourth-order valence-electron chi connectivity index (χ4n) is 2.12. The standard InChI is InChI=1S/C12H19N5/c1-7-11(9(3)16(5)14-7)6-17-10(4)12(13)8(2)15-17/h6,13H2,1-5H3/p+1. The van der Waals surface area contributed by atoms with Crippen LogP contribution in [0, 0.1) is 27.7 Å². The van der Waals surface area contributed by atoms with Crippen LogP contribution in [-0.2, 0) is 13.6 Å². The first-order valence-electron chi connectivity index (χ1n) is 5.75. The van der Waals surface area contributed by atoms with Gasteiger partial charge in [-0.05, 0) is 20.8 Å². The van der Waals surface area contributed by atoms with Crippen LogP contribution in [0.2, 0.25) is 0 Å². The first kappa shape index (κ1) is 11.7. The van der Waals surface area contributed by atoms with Crippen molar-refractivity contribution in [3.63, 3.8) is 0 Å². The molecule has 2 aromatic rings. The second-order valence-electron chi connectivity index (χ2n) is 4.60. The van der Waals surface area contributed by atoms with E-state index in [1.807, 2.05) is 30.3 Å². The van der Waals surface area contributed by atoms with E-state index in [-0.39, 0.29) is 0 Å². The highest BCUT2D eigenvalue weighted by molar-refractivity contribution is 5.47. The van der Waals surface area contributed by atoms with Crippen LogP contribution in [0.3, 0.4) is 0 Å². The van der Waals surface area contributed by atoms with E-state index in [0.717, 1.165) is 23.6 Å². The van der Waals surface area contributed by atoms with E-state index in [1.165, 1.54) is 17.0 Å². The molecule has 0 aliphatic rings. The van der Waals surface area contributed by atoms with Gasteiger partial charge in [0.1, 0.15) is 0 Å². The molecule has 2 heterocycles. The van der Waals surface area contributed by atoms with Gasteiger partial charge >= 0.3 is 0 Å². The minimum atomic E-state index is 0.763. The normalized spacial score (nSPS) is 11.1. The molecule has 0 spiro atoms. The van der Waals surface area contributed by atoms with Crippen LogP contribution in [0.25, 0.3) is 0 Å². The highest BCUT2D eigenvalue weighted by Gasteiger charge is 2.18. The van der Waals surface area contributed by atoms with Crippen LogP contribution in [0.1, 0.15) is 28.3 Å². The van der Waals surface area contributed by atoms with Crippen LogP contribution in [0.4, 0.5) is 5.69 Å². The number of hydrogen-bond donors (Lipinski definition) is 2. The molecule has 0 bridgehead atoms. The Morgan fingerprint density at radius 3 is 2.35 bits per heavy atom. The fourth-order valence-corrected chi connectivity index (χ4v) is 2.12. The maximum atomic E-state index is 5.94. The van der Waals surface area contributed by atoms with Crippen molar-refractivity contribution in [1.29, 1.82) is 0 Å². The summed E-state index contributed by atoms with van der Waals surface area (Å²) in [5.74, 6) is 0. The molecule has 5 heteroatoms. The second kappa shape index (κ2) is 3.91. The van der Waals surface area contributed by atoms with Gasteiger partial charge in [0, 0.05) is 6.92 Å². The Labute approximate surface area is 101 Å². The van der Waals surface area contributed by atoms with Crippen LogP contribution in [0.15, 0.2) is 0 Å². The largest absolute Gasteiger partial charge is 0.396 e. The highest BCUT2D eigenvalue weighted by Crippen LogP contribution is 2.17. The van der Waals surface area contributed by atoms with Crippen molar-refractivity contribution in [3.8, 4) is 0 Å². The van der Waals surface area contributed by atoms with Gasteiger partial charge in [-0.3, -0.25) is 4.68 Å². The number of hydrogen-bond acceptors (Lipinski definition) is 2. The topological polar surface area (TPSA) is 63.5 Å². The molecule has 0 saturated carbocycles. The van der Waals surface area contributed by atoms with Crippen LogP contribution in [-0.4, -0.2) is 14.9 Å². The van der Waals surface area contributed by atoms with Crippen molar-refractivity contribution in [3.05, 3.63) is 28.3 Å². The highest BCUT2D eigenvalue weighted by atomic mass is 15.3. The lowest BCUT2D eigenvalue weighted by atomic mass is 10.2. The molecule has 2 rings (SSSR count). The molecule has 0 amide bonds. The molecule has 0 fully saturated rings. The first-order valence-corrected chi connectivity index (χ1v) is 5.75. The third-order valence-corrected chi connectivity index (χ3v) is 3.47. The Hall–Kier alpha value is -1.78. The molecule has 2 aromatic heterocycles. The van der Waals surface area contributed by atoms with Gasteiger partial charge in [-0.15, -0.1) is 4.68 Å². The number of nitrogens with one attached hydrogen (secondary N) is 1. The van der Waals surface area contributed by atoms with Gasteiger partial charge < -0.3 is 5.73 Å². The number of nitrogens with zero attached hydrogens (tertiary/aromatic N) is 3.